The minimum absolute atomic E-state index is 0.133. The van der Waals surface area contributed by atoms with Crippen molar-refractivity contribution in [1.29, 1.82) is 0 Å². The zero-order valence-electron chi connectivity index (χ0n) is 15.8. The van der Waals surface area contributed by atoms with Gasteiger partial charge in [-0.25, -0.2) is 9.87 Å². The van der Waals surface area contributed by atoms with E-state index in [1.807, 2.05) is 4.90 Å². The van der Waals surface area contributed by atoms with Crippen molar-refractivity contribution in [2.45, 2.75) is 58.2 Å². The molecule has 0 aromatic heterocycles. The summed E-state index contributed by atoms with van der Waals surface area (Å²) in [5.41, 5.74) is 3.35. The summed E-state index contributed by atoms with van der Waals surface area (Å²) in [6.07, 6.45) is 3.64. The van der Waals surface area contributed by atoms with Gasteiger partial charge in [0.25, 0.3) is 5.91 Å². The molecule has 0 unspecified atom stereocenters. The predicted octanol–water partition coefficient (Wildman–Crippen LogP) is 2.09. The molecular weight excluding hydrogens is 349 g/mol. The number of hydrogen-bond donors (Lipinski definition) is 2. The lowest BCUT2D eigenvalue weighted by molar-refractivity contribution is -0.128. The van der Waals surface area contributed by atoms with Gasteiger partial charge in [-0.3, -0.25) is 19.7 Å². The highest BCUT2D eigenvalue weighted by atomic mass is 19.1. The number of halogens is 1. The van der Waals surface area contributed by atoms with Crippen LogP contribution in [0.5, 0.6) is 0 Å². The van der Waals surface area contributed by atoms with E-state index in [1.165, 1.54) is 6.07 Å². The van der Waals surface area contributed by atoms with Crippen LogP contribution in [0.4, 0.5) is 4.39 Å². The lowest BCUT2D eigenvalue weighted by atomic mass is 9.69. The number of fused-ring (bicyclic) bond motifs is 2. The molecule has 2 bridgehead atoms. The van der Waals surface area contributed by atoms with Crippen LogP contribution >= 0.6 is 0 Å². The maximum atomic E-state index is 14.6. The van der Waals surface area contributed by atoms with Gasteiger partial charge in [-0.1, -0.05) is 6.92 Å². The second kappa shape index (κ2) is 6.56. The molecule has 1 saturated carbocycles. The Balaban J connectivity index is 1.56. The van der Waals surface area contributed by atoms with E-state index in [1.54, 1.807) is 18.5 Å². The minimum Gasteiger partial charge on any atom is -0.339 e. The molecule has 1 aromatic carbocycles. The molecular formula is C20H26FN3O3. The van der Waals surface area contributed by atoms with Gasteiger partial charge in [-0.15, -0.1) is 0 Å². The fourth-order valence-electron chi connectivity index (χ4n) is 5.32. The van der Waals surface area contributed by atoms with Crippen molar-refractivity contribution in [2.24, 2.45) is 5.41 Å². The van der Waals surface area contributed by atoms with Gasteiger partial charge in [0, 0.05) is 49.6 Å². The highest BCUT2D eigenvalue weighted by Gasteiger charge is 2.56. The third kappa shape index (κ3) is 3.02. The zero-order valence-corrected chi connectivity index (χ0v) is 15.8. The molecule has 3 fully saturated rings. The Bertz CT molecular complexity index is 791. The Morgan fingerprint density at radius 2 is 2.11 bits per heavy atom. The molecule has 1 aliphatic carbocycles. The van der Waals surface area contributed by atoms with Crippen molar-refractivity contribution in [3.05, 3.63) is 34.6 Å². The van der Waals surface area contributed by atoms with Crippen molar-refractivity contribution >= 4 is 11.8 Å². The number of carbonyl (C=O) groups is 2. The van der Waals surface area contributed by atoms with E-state index >= 15 is 0 Å². The van der Waals surface area contributed by atoms with E-state index in [9.17, 15) is 14.0 Å². The minimum atomic E-state index is -0.700. The molecule has 27 heavy (non-hydrogen) atoms. The lowest BCUT2D eigenvalue weighted by Crippen LogP contribution is -2.49. The van der Waals surface area contributed by atoms with Gasteiger partial charge in [0.15, 0.2) is 0 Å². The Morgan fingerprint density at radius 1 is 1.37 bits per heavy atom. The first-order valence-electron chi connectivity index (χ1n) is 9.63. The molecule has 2 saturated heterocycles. The Hall–Kier alpha value is -1.99. The number of hydrogen-bond acceptors (Lipinski definition) is 4. The largest absolute Gasteiger partial charge is 0.339 e. The van der Waals surface area contributed by atoms with Crippen LogP contribution in [0.2, 0.25) is 0 Å². The maximum Gasteiger partial charge on any atom is 0.274 e. The SMILES string of the molecule is CC[C@@H]1Cc2c(F)cc(C(=O)NO)cc2CN1CC12CC(C1)N(C(C)=O)C2. The van der Waals surface area contributed by atoms with Crippen LogP contribution in [0.1, 0.15) is 54.6 Å². The van der Waals surface area contributed by atoms with Crippen LogP contribution < -0.4 is 5.48 Å². The second-order valence-corrected chi connectivity index (χ2v) is 8.42. The number of nitrogens with one attached hydrogen (secondary N) is 1. The van der Waals surface area contributed by atoms with Gasteiger partial charge >= 0.3 is 0 Å². The van der Waals surface area contributed by atoms with E-state index in [0.717, 1.165) is 37.9 Å². The van der Waals surface area contributed by atoms with Crippen LogP contribution in [-0.4, -0.2) is 52.0 Å². The molecule has 6 nitrogen and oxygen atoms in total. The maximum absolute atomic E-state index is 14.6. The summed E-state index contributed by atoms with van der Waals surface area (Å²) < 4.78 is 14.6. The zero-order chi connectivity index (χ0) is 19.3. The molecule has 2 N–H and O–H groups in total. The fourth-order valence-corrected chi connectivity index (χ4v) is 5.32. The van der Waals surface area contributed by atoms with Gasteiger partial charge in [-0.2, -0.15) is 0 Å². The summed E-state index contributed by atoms with van der Waals surface area (Å²) in [6, 6.07) is 3.52. The highest BCUT2D eigenvalue weighted by molar-refractivity contribution is 5.93. The Morgan fingerprint density at radius 3 is 2.70 bits per heavy atom. The first-order chi connectivity index (χ1) is 12.9. The average Bonchev–Trinajstić information content (AvgIpc) is 3.16. The smallest absolute Gasteiger partial charge is 0.274 e. The number of carbonyl (C=O) groups excluding carboxylic acids is 2. The van der Waals surface area contributed by atoms with Crippen molar-refractivity contribution in [2.75, 3.05) is 13.1 Å². The molecule has 5 rings (SSSR count). The molecule has 4 aliphatic rings. The topological polar surface area (TPSA) is 72.9 Å². The summed E-state index contributed by atoms with van der Waals surface area (Å²) in [5.74, 6) is -0.930. The van der Waals surface area contributed by atoms with Gasteiger partial charge in [-0.05, 0) is 48.9 Å². The van der Waals surface area contributed by atoms with Crippen LogP contribution in [0.25, 0.3) is 0 Å². The fraction of sp³-hybridized carbons (Fsp3) is 0.600. The molecule has 3 aliphatic heterocycles. The molecule has 1 atom stereocenters. The van der Waals surface area contributed by atoms with Crippen LogP contribution in [0.3, 0.4) is 0 Å². The summed E-state index contributed by atoms with van der Waals surface area (Å²) in [5, 5.41) is 8.85. The number of benzene rings is 1. The van der Waals surface area contributed by atoms with E-state index in [-0.39, 0.29) is 28.7 Å². The molecule has 1 aromatic rings. The van der Waals surface area contributed by atoms with E-state index in [2.05, 4.69) is 11.8 Å². The van der Waals surface area contributed by atoms with Crippen molar-refractivity contribution in [3.63, 3.8) is 0 Å². The van der Waals surface area contributed by atoms with Crippen LogP contribution in [0.15, 0.2) is 12.1 Å². The quantitative estimate of drug-likeness (QED) is 0.624. The van der Waals surface area contributed by atoms with Crippen molar-refractivity contribution in [1.82, 2.24) is 15.3 Å². The summed E-state index contributed by atoms with van der Waals surface area (Å²) in [4.78, 5) is 27.9. The molecule has 0 radical (unpaired) electrons. The highest BCUT2D eigenvalue weighted by Crippen LogP contribution is 2.52. The number of amides is 2. The molecule has 3 heterocycles. The first kappa shape index (κ1) is 18.4. The van der Waals surface area contributed by atoms with Crippen molar-refractivity contribution < 1.29 is 19.2 Å². The van der Waals surface area contributed by atoms with Gasteiger partial charge in [0.2, 0.25) is 5.91 Å². The summed E-state index contributed by atoms with van der Waals surface area (Å²) in [6.45, 7) is 6.05. The molecule has 7 heteroatoms. The monoisotopic (exact) mass is 375 g/mol. The first-order valence-corrected chi connectivity index (χ1v) is 9.63. The predicted molar refractivity (Wildman–Crippen MR) is 96.7 cm³/mol. The number of rotatable bonds is 4. The van der Waals surface area contributed by atoms with Crippen molar-refractivity contribution in [3.8, 4) is 0 Å². The number of hydroxylamine groups is 1. The van der Waals surface area contributed by atoms with Crippen LogP contribution in [0, 0.1) is 11.2 Å². The second-order valence-electron chi connectivity index (χ2n) is 8.42. The van der Waals surface area contributed by atoms with Gasteiger partial charge < -0.3 is 4.90 Å². The molecule has 2 amide bonds. The number of nitrogens with zero attached hydrogens (tertiary/aromatic N) is 2. The van der Waals surface area contributed by atoms with E-state index in [4.69, 9.17) is 5.21 Å². The third-order valence-electron chi connectivity index (χ3n) is 6.68. The summed E-state index contributed by atoms with van der Waals surface area (Å²) in [7, 11) is 0. The Labute approximate surface area is 158 Å². The molecule has 146 valence electrons. The Kier molecular flexibility index (Phi) is 4.47. The standard InChI is InChI=1S/C20H26FN3O3/c1-3-15-6-17-14(4-13(5-18(17)21)19(26)22-27)9-23(15)10-20-7-16(8-20)24(11-20)12(2)25/h4-5,15-16,27H,3,6-11H2,1-2H3,(H,22,26)/t15-,16?,20?/m1/s1. The van der Waals surface area contributed by atoms with E-state index in [0.29, 0.717) is 24.6 Å². The average molecular weight is 375 g/mol. The lowest BCUT2D eigenvalue weighted by Gasteiger charge is -2.45. The molecule has 0 spiro atoms. The third-order valence-corrected chi connectivity index (χ3v) is 6.68. The van der Waals surface area contributed by atoms with Crippen LogP contribution in [-0.2, 0) is 17.8 Å². The van der Waals surface area contributed by atoms with E-state index < -0.39 is 5.91 Å². The summed E-state index contributed by atoms with van der Waals surface area (Å²) >= 11 is 0. The van der Waals surface area contributed by atoms with Gasteiger partial charge in [0.1, 0.15) is 5.82 Å². The van der Waals surface area contributed by atoms with Gasteiger partial charge in [0.05, 0.1) is 0 Å². The normalized spacial score (nSPS) is 29.3.